The zero-order valence-corrected chi connectivity index (χ0v) is 12.3. The van der Waals surface area contributed by atoms with Crippen LogP contribution in [0, 0.1) is 0 Å². The maximum atomic E-state index is 11.4. The number of para-hydroxylation sites is 1. The van der Waals surface area contributed by atoms with E-state index in [4.69, 9.17) is 5.73 Å². The van der Waals surface area contributed by atoms with Gasteiger partial charge in [0.25, 0.3) is 0 Å². The summed E-state index contributed by atoms with van der Waals surface area (Å²) in [6.07, 6.45) is 0. The summed E-state index contributed by atoms with van der Waals surface area (Å²) >= 11 is 0. The van der Waals surface area contributed by atoms with E-state index in [0.29, 0.717) is 6.54 Å². The Hall–Kier alpha value is -2.81. The van der Waals surface area contributed by atoms with Gasteiger partial charge in [-0.15, -0.1) is 0 Å². The van der Waals surface area contributed by atoms with Gasteiger partial charge in [0.2, 0.25) is 5.91 Å². The second-order valence-electron chi connectivity index (χ2n) is 5.34. The fourth-order valence-electron chi connectivity index (χ4n) is 2.62. The van der Waals surface area contributed by atoms with E-state index in [1.165, 1.54) is 10.8 Å². The lowest BCUT2D eigenvalue weighted by Gasteiger charge is -2.23. The molecule has 0 unspecified atom stereocenters. The first kappa shape index (κ1) is 14.1. The van der Waals surface area contributed by atoms with E-state index in [9.17, 15) is 4.79 Å². The van der Waals surface area contributed by atoms with Crippen LogP contribution in [0.4, 0.5) is 5.69 Å². The first-order valence-corrected chi connectivity index (χ1v) is 7.28. The summed E-state index contributed by atoms with van der Waals surface area (Å²) in [6, 6.07) is 24.5. The largest absolute Gasteiger partial charge is 0.368 e. The Kier molecular flexibility index (Phi) is 4.05. The number of hydrogen-bond donors (Lipinski definition) is 1. The number of rotatable bonds is 5. The van der Waals surface area contributed by atoms with Crippen LogP contribution >= 0.6 is 0 Å². The van der Waals surface area contributed by atoms with Crippen molar-refractivity contribution in [1.82, 2.24) is 0 Å². The van der Waals surface area contributed by atoms with E-state index in [0.717, 1.165) is 11.3 Å². The fourth-order valence-corrected chi connectivity index (χ4v) is 2.62. The summed E-state index contributed by atoms with van der Waals surface area (Å²) in [5.41, 5.74) is 7.55. The van der Waals surface area contributed by atoms with Crippen molar-refractivity contribution in [1.29, 1.82) is 0 Å². The summed E-state index contributed by atoms with van der Waals surface area (Å²) in [5.74, 6) is -0.329. The normalized spacial score (nSPS) is 10.5. The second-order valence-corrected chi connectivity index (χ2v) is 5.34. The highest BCUT2D eigenvalue weighted by Crippen LogP contribution is 2.20. The van der Waals surface area contributed by atoms with Crippen LogP contribution in [-0.2, 0) is 11.3 Å². The standard InChI is InChI=1S/C19H18N2O/c20-19(22)14-21(18-8-2-1-3-9-18)13-15-10-11-16-6-4-5-7-17(16)12-15/h1-12H,13-14H2,(H2,20,22). The van der Waals surface area contributed by atoms with Gasteiger partial charge in [-0.2, -0.15) is 0 Å². The van der Waals surface area contributed by atoms with Gasteiger partial charge < -0.3 is 10.6 Å². The molecule has 2 N–H and O–H groups in total. The highest BCUT2D eigenvalue weighted by Gasteiger charge is 2.10. The Morgan fingerprint density at radius 2 is 1.55 bits per heavy atom. The number of primary amides is 1. The highest BCUT2D eigenvalue weighted by molar-refractivity contribution is 5.83. The number of fused-ring (bicyclic) bond motifs is 1. The predicted molar refractivity (Wildman–Crippen MR) is 90.6 cm³/mol. The molecule has 0 saturated heterocycles. The average molecular weight is 290 g/mol. The van der Waals surface area contributed by atoms with E-state index >= 15 is 0 Å². The summed E-state index contributed by atoms with van der Waals surface area (Å²) in [4.78, 5) is 13.4. The number of carbonyl (C=O) groups excluding carboxylic acids is 1. The molecule has 0 aromatic heterocycles. The molecule has 3 aromatic rings. The number of amides is 1. The van der Waals surface area contributed by atoms with Crippen molar-refractivity contribution in [2.24, 2.45) is 5.73 Å². The Bertz CT molecular complexity index is 784. The molecule has 0 aliphatic heterocycles. The van der Waals surface area contributed by atoms with Crippen LogP contribution in [0.15, 0.2) is 72.8 Å². The van der Waals surface area contributed by atoms with Crippen molar-refractivity contribution in [3.8, 4) is 0 Å². The molecule has 0 saturated carbocycles. The van der Waals surface area contributed by atoms with Crippen LogP contribution in [0.5, 0.6) is 0 Å². The van der Waals surface area contributed by atoms with E-state index in [1.54, 1.807) is 0 Å². The first-order chi connectivity index (χ1) is 10.7. The fraction of sp³-hybridized carbons (Fsp3) is 0.105. The number of hydrogen-bond acceptors (Lipinski definition) is 2. The lowest BCUT2D eigenvalue weighted by Crippen LogP contribution is -2.33. The molecule has 0 atom stereocenters. The van der Waals surface area contributed by atoms with Gasteiger partial charge >= 0.3 is 0 Å². The number of anilines is 1. The third-order valence-electron chi connectivity index (χ3n) is 3.66. The van der Waals surface area contributed by atoms with Crippen molar-refractivity contribution in [3.63, 3.8) is 0 Å². The van der Waals surface area contributed by atoms with Crippen molar-refractivity contribution in [3.05, 3.63) is 78.4 Å². The van der Waals surface area contributed by atoms with Gasteiger partial charge in [0, 0.05) is 12.2 Å². The van der Waals surface area contributed by atoms with Gasteiger partial charge in [0.1, 0.15) is 0 Å². The van der Waals surface area contributed by atoms with Crippen molar-refractivity contribution in [2.45, 2.75) is 6.54 Å². The Balaban J connectivity index is 1.89. The summed E-state index contributed by atoms with van der Waals surface area (Å²) in [5, 5.41) is 2.42. The van der Waals surface area contributed by atoms with Crippen LogP contribution in [0.3, 0.4) is 0 Å². The smallest absolute Gasteiger partial charge is 0.236 e. The SMILES string of the molecule is NC(=O)CN(Cc1ccc2ccccc2c1)c1ccccc1. The molecule has 0 aliphatic carbocycles. The van der Waals surface area contributed by atoms with Gasteiger partial charge in [-0.1, -0.05) is 54.6 Å². The zero-order valence-electron chi connectivity index (χ0n) is 12.3. The number of benzene rings is 3. The zero-order chi connectivity index (χ0) is 15.4. The molecule has 1 amide bonds. The molecule has 3 aromatic carbocycles. The Labute approximate surface area is 130 Å². The van der Waals surface area contributed by atoms with Crippen LogP contribution in [0.25, 0.3) is 10.8 Å². The van der Waals surface area contributed by atoms with Gasteiger partial charge in [0.15, 0.2) is 0 Å². The molecule has 3 nitrogen and oxygen atoms in total. The second kappa shape index (κ2) is 6.31. The first-order valence-electron chi connectivity index (χ1n) is 7.28. The van der Waals surface area contributed by atoms with Crippen LogP contribution < -0.4 is 10.6 Å². The molecular formula is C19H18N2O. The third-order valence-corrected chi connectivity index (χ3v) is 3.66. The molecular weight excluding hydrogens is 272 g/mol. The van der Waals surface area contributed by atoms with Gasteiger partial charge in [0.05, 0.1) is 6.54 Å². The molecule has 0 heterocycles. The Morgan fingerprint density at radius 1 is 0.864 bits per heavy atom. The number of carbonyl (C=O) groups is 1. The van der Waals surface area contributed by atoms with Crippen LogP contribution in [0.1, 0.15) is 5.56 Å². The molecule has 0 radical (unpaired) electrons. The molecule has 0 spiro atoms. The van der Waals surface area contributed by atoms with Gasteiger partial charge in [-0.3, -0.25) is 4.79 Å². The minimum atomic E-state index is -0.329. The number of nitrogens with two attached hydrogens (primary N) is 1. The van der Waals surface area contributed by atoms with E-state index < -0.39 is 0 Å². The summed E-state index contributed by atoms with van der Waals surface area (Å²) in [7, 11) is 0. The van der Waals surface area contributed by atoms with Crippen molar-refractivity contribution in [2.75, 3.05) is 11.4 Å². The van der Waals surface area contributed by atoms with E-state index in [2.05, 4.69) is 30.3 Å². The molecule has 3 rings (SSSR count). The minimum Gasteiger partial charge on any atom is -0.368 e. The minimum absolute atomic E-state index is 0.205. The lowest BCUT2D eigenvalue weighted by molar-refractivity contribution is -0.116. The van der Waals surface area contributed by atoms with Gasteiger partial charge in [-0.05, 0) is 34.5 Å². The van der Waals surface area contributed by atoms with Crippen LogP contribution in [-0.4, -0.2) is 12.5 Å². The topological polar surface area (TPSA) is 46.3 Å². The molecule has 110 valence electrons. The molecule has 0 aliphatic rings. The maximum Gasteiger partial charge on any atom is 0.236 e. The number of nitrogens with zero attached hydrogens (tertiary/aromatic N) is 1. The van der Waals surface area contributed by atoms with E-state index in [1.807, 2.05) is 47.4 Å². The molecule has 0 bridgehead atoms. The van der Waals surface area contributed by atoms with Gasteiger partial charge in [-0.25, -0.2) is 0 Å². The quantitative estimate of drug-likeness (QED) is 0.783. The maximum absolute atomic E-state index is 11.4. The average Bonchev–Trinajstić information content (AvgIpc) is 2.54. The van der Waals surface area contributed by atoms with Crippen molar-refractivity contribution < 1.29 is 4.79 Å². The molecule has 0 fully saturated rings. The predicted octanol–water partition coefficient (Wildman–Crippen LogP) is 3.33. The van der Waals surface area contributed by atoms with E-state index in [-0.39, 0.29) is 12.5 Å². The Morgan fingerprint density at radius 3 is 2.27 bits per heavy atom. The highest BCUT2D eigenvalue weighted by atomic mass is 16.1. The van der Waals surface area contributed by atoms with Crippen molar-refractivity contribution >= 4 is 22.4 Å². The third kappa shape index (κ3) is 3.26. The lowest BCUT2D eigenvalue weighted by atomic mass is 10.1. The monoisotopic (exact) mass is 290 g/mol. The van der Waals surface area contributed by atoms with Crippen LogP contribution in [0.2, 0.25) is 0 Å². The summed E-state index contributed by atoms with van der Waals surface area (Å²) < 4.78 is 0. The molecule has 3 heteroatoms. The summed E-state index contributed by atoms with van der Waals surface area (Å²) in [6.45, 7) is 0.856. The molecule has 22 heavy (non-hydrogen) atoms.